The van der Waals surface area contributed by atoms with E-state index in [0.717, 1.165) is 30.5 Å². The van der Waals surface area contributed by atoms with Crippen LogP contribution in [-0.2, 0) is 25.5 Å². The van der Waals surface area contributed by atoms with Crippen LogP contribution in [0.15, 0.2) is 24.3 Å². The molecule has 0 bridgehead atoms. The zero-order valence-corrected chi connectivity index (χ0v) is 24.4. The summed E-state index contributed by atoms with van der Waals surface area (Å²) in [5.74, 6) is -0.299. The molecule has 0 spiro atoms. The van der Waals surface area contributed by atoms with Gasteiger partial charge >= 0.3 is 6.09 Å². The van der Waals surface area contributed by atoms with Crippen LogP contribution >= 0.6 is 12.4 Å². The number of hydrogen-bond acceptors (Lipinski definition) is 7. The first-order valence-electron chi connectivity index (χ1n) is 13.5. The smallest absolute Gasteiger partial charge is 0.407 e. The fourth-order valence-corrected chi connectivity index (χ4v) is 5.66. The number of aliphatic hydroxyl groups is 1. The van der Waals surface area contributed by atoms with Crippen LogP contribution in [0, 0.1) is 5.41 Å². The first-order valence-corrected chi connectivity index (χ1v) is 13.5. The van der Waals surface area contributed by atoms with Crippen LogP contribution in [0.5, 0.6) is 0 Å². The second-order valence-electron chi connectivity index (χ2n) is 11.4. The predicted molar refractivity (Wildman–Crippen MR) is 152 cm³/mol. The normalized spacial score (nSPS) is 20.1. The molecule has 1 aliphatic carbocycles. The minimum atomic E-state index is -0.963. The molecule has 10 nitrogen and oxygen atoms in total. The lowest BCUT2D eigenvalue weighted by Gasteiger charge is -2.37. The standard InChI is InChI=1S/C28H44N4O6.ClH/c1-27(2,15-21(29)23(33)17-30-25(35)28(38-4)12-8-5-9-13-28)16-24(34)32-18-20(31-26(36)37-3)14-19-10-6-7-11-22(19)32;/h6-7,10-11,20-21,23,33H,5,8-9,12-18,29H2,1-4H3,(H,30,35)(H,31,36);1H/t20?,21-,23-;/m0./s1. The molecule has 0 saturated heterocycles. The van der Waals surface area contributed by atoms with Gasteiger partial charge in [-0.2, -0.15) is 0 Å². The van der Waals surface area contributed by atoms with Gasteiger partial charge in [0.1, 0.15) is 5.60 Å². The van der Waals surface area contributed by atoms with Crippen molar-refractivity contribution in [2.24, 2.45) is 11.1 Å². The van der Waals surface area contributed by atoms with Crippen molar-refractivity contribution in [1.29, 1.82) is 0 Å². The lowest BCUT2D eigenvalue weighted by molar-refractivity contribution is -0.148. The van der Waals surface area contributed by atoms with Gasteiger partial charge in [-0.15, -0.1) is 12.4 Å². The maximum atomic E-state index is 13.5. The lowest BCUT2D eigenvalue weighted by atomic mass is 9.80. The summed E-state index contributed by atoms with van der Waals surface area (Å²) >= 11 is 0. The zero-order valence-electron chi connectivity index (χ0n) is 23.5. The largest absolute Gasteiger partial charge is 0.453 e. The molecule has 1 saturated carbocycles. The van der Waals surface area contributed by atoms with Gasteiger partial charge in [-0.1, -0.05) is 51.3 Å². The third-order valence-corrected chi connectivity index (χ3v) is 7.81. The molecule has 3 atom stereocenters. The summed E-state index contributed by atoms with van der Waals surface area (Å²) in [6.45, 7) is 4.24. The van der Waals surface area contributed by atoms with Gasteiger partial charge in [0.25, 0.3) is 5.91 Å². The summed E-state index contributed by atoms with van der Waals surface area (Å²) in [5, 5.41) is 16.3. The number of halogens is 1. The van der Waals surface area contributed by atoms with E-state index in [9.17, 15) is 19.5 Å². The number of hydrogen-bond donors (Lipinski definition) is 4. The van der Waals surface area contributed by atoms with E-state index >= 15 is 0 Å². The van der Waals surface area contributed by atoms with Gasteiger partial charge in [-0.3, -0.25) is 9.59 Å². The molecule has 0 aromatic heterocycles. The van der Waals surface area contributed by atoms with E-state index in [0.29, 0.717) is 32.2 Å². The van der Waals surface area contributed by atoms with Crippen LogP contribution < -0.4 is 21.3 Å². The lowest BCUT2D eigenvalue weighted by Crippen LogP contribution is -2.53. The Hall–Kier alpha value is -2.40. The minimum absolute atomic E-state index is 0. The Kier molecular flexibility index (Phi) is 12.0. The van der Waals surface area contributed by atoms with Gasteiger partial charge in [0.15, 0.2) is 0 Å². The van der Waals surface area contributed by atoms with Gasteiger partial charge in [0.05, 0.1) is 19.3 Å². The highest BCUT2D eigenvalue weighted by atomic mass is 35.5. The van der Waals surface area contributed by atoms with Crippen LogP contribution in [0.2, 0.25) is 0 Å². The molecule has 1 heterocycles. The van der Waals surface area contributed by atoms with Crippen molar-refractivity contribution in [3.63, 3.8) is 0 Å². The number of fused-ring (bicyclic) bond motifs is 1. The van der Waals surface area contributed by atoms with E-state index in [1.165, 1.54) is 7.11 Å². The summed E-state index contributed by atoms with van der Waals surface area (Å²) in [6, 6.07) is 6.76. The number of nitrogens with zero attached hydrogens (tertiary/aromatic N) is 1. The van der Waals surface area contributed by atoms with Gasteiger partial charge in [-0.05, 0) is 42.7 Å². The number of ether oxygens (including phenoxy) is 2. The second-order valence-corrected chi connectivity index (χ2v) is 11.4. The SMILES string of the molecule is COC(=O)NC1Cc2ccccc2N(C(=O)CC(C)(C)C[C@H](N)[C@@H](O)CNC(=O)C2(OC)CCCCC2)C1.Cl. The third-order valence-electron chi connectivity index (χ3n) is 7.81. The molecule has 1 aromatic carbocycles. The number of rotatable bonds is 10. The minimum Gasteiger partial charge on any atom is -0.453 e. The van der Waals surface area contributed by atoms with Crippen molar-refractivity contribution in [2.75, 3.05) is 32.2 Å². The molecule has 11 heteroatoms. The number of methoxy groups -OCH3 is 2. The van der Waals surface area contributed by atoms with Gasteiger partial charge < -0.3 is 35.8 Å². The quantitative estimate of drug-likeness (QED) is 0.340. The van der Waals surface area contributed by atoms with Crippen molar-refractivity contribution >= 4 is 36.0 Å². The molecule has 3 amide bonds. The Balaban J connectivity index is 0.00000533. The average Bonchev–Trinajstić information content (AvgIpc) is 2.90. The van der Waals surface area contributed by atoms with Crippen LogP contribution in [-0.4, -0.2) is 74.1 Å². The van der Waals surface area contributed by atoms with Gasteiger partial charge in [-0.25, -0.2) is 4.79 Å². The number of nitrogens with one attached hydrogen (secondary N) is 2. The molecule has 1 unspecified atom stereocenters. The van der Waals surface area contributed by atoms with E-state index in [1.807, 2.05) is 38.1 Å². The maximum Gasteiger partial charge on any atom is 0.407 e. The molecule has 1 aromatic rings. The zero-order chi connectivity index (χ0) is 27.9. The number of para-hydroxylation sites is 1. The van der Waals surface area contributed by atoms with Crippen molar-refractivity contribution in [2.45, 2.75) is 89.0 Å². The number of carbonyl (C=O) groups excluding carboxylic acids is 3. The molecule has 2 aliphatic rings. The van der Waals surface area contributed by atoms with E-state index in [1.54, 1.807) is 12.0 Å². The molecular weight excluding hydrogens is 524 g/mol. The highest BCUT2D eigenvalue weighted by molar-refractivity contribution is 5.95. The monoisotopic (exact) mass is 568 g/mol. The summed E-state index contributed by atoms with van der Waals surface area (Å²) in [4.78, 5) is 39.8. The average molecular weight is 569 g/mol. The highest BCUT2D eigenvalue weighted by Gasteiger charge is 2.40. The predicted octanol–water partition coefficient (Wildman–Crippen LogP) is 2.68. The number of alkyl carbamates (subject to hydrolysis) is 1. The van der Waals surface area contributed by atoms with E-state index in [-0.39, 0.29) is 43.2 Å². The van der Waals surface area contributed by atoms with Crippen LogP contribution in [0.4, 0.5) is 10.5 Å². The van der Waals surface area contributed by atoms with Gasteiger partial charge in [0.2, 0.25) is 5.91 Å². The second kappa shape index (κ2) is 14.3. The number of nitrogens with two attached hydrogens (primary N) is 1. The summed E-state index contributed by atoms with van der Waals surface area (Å²) in [7, 11) is 2.87. The summed E-state index contributed by atoms with van der Waals surface area (Å²) in [5.41, 5.74) is 6.79. The summed E-state index contributed by atoms with van der Waals surface area (Å²) < 4.78 is 10.3. The Labute approximate surface area is 237 Å². The van der Waals surface area contributed by atoms with Gasteiger partial charge in [0, 0.05) is 38.3 Å². The molecular formula is C28H45ClN4O6. The Morgan fingerprint density at radius 3 is 2.49 bits per heavy atom. The molecule has 220 valence electrons. The third kappa shape index (κ3) is 8.54. The van der Waals surface area contributed by atoms with E-state index in [4.69, 9.17) is 15.2 Å². The first kappa shape index (κ1) is 32.8. The van der Waals surface area contributed by atoms with Crippen molar-refractivity contribution < 1.29 is 29.0 Å². The maximum absolute atomic E-state index is 13.5. The van der Waals surface area contributed by atoms with Crippen molar-refractivity contribution in [3.8, 4) is 0 Å². The summed E-state index contributed by atoms with van der Waals surface area (Å²) in [6.07, 6.45) is 3.99. The van der Waals surface area contributed by atoms with Crippen LogP contribution in [0.1, 0.15) is 64.4 Å². The van der Waals surface area contributed by atoms with E-state index in [2.05, 4.69) is 10.6 Å². The van der Waals surface area contributed by atoms with Crippen LogP contribution in [0.25, 0.3) is 0 Å². The number of amides is 3. The Morgan fingerprint density at radius 2 is 1.85 bits per heavy atom. The van der Waals surface area contributed by atoms with Crippen molar-refractivity contribution in [3.05, 3.63) is 29.8 Å². The highest BCUT2D eigenvalue weighted by Crippen LogP contribution is 2.33. The van der Waals surface area contributed by atoms with E-state index < -0.39 is 29.3 Å². The number of carbonyl (C=O) groups is 3. The molecule has 1 aliphatic heterocycles. The van der Waals surface area contributed by atoms with Crippen LogP contribution in [0.3, 0.4) is 0 Å². The molecule has 5 N–H and O–H groups in total. The molecule has 39 heavy (non-hydrogen) atoms. The first-order chi connectivity index (χ1) is 18.0. The number of benzene rings is 1. The fraction of sp³-hybridized carbons (Fsp3) is 0.679. The molecule has 1 fully saturated rings. The topological polar surface area (TPSA) is 143 Å². The molecule has 3 rings (SSSR count). The fourth-order valence-electron chi connectivity index (χ4n) is 5.66. The van der Waals surface area contributed by atoms with Crippen molar-refractivity contribution in [1.82, 2.24) is 10.6 Å². The Bertz CT molecular complexity index is 985. The Morgan fingerprint density at radius 1 is 1.18 bits per heavy atom. The molecule has 0 radical (unpaired) electrons. The number of anilines is 1. The number of aliphatic hydroxyl groups excluding tert-OH is 1.